The minimum atomic E-state index is -0.702. The molecule has 1 unspecified atom stereocenters. The fraction of sp³-hybridized carbons (Fsp3) is 1.00. The van der Waals surface area contributed by atoms with Gasteiger partial charge in [0.15, 0.2) is 0 Å². The van der Waals surface area contributed by atoms with E-state index >= 15 is 0 Å². The fourth-order valence-electron chi connectivity index (χ4n) is 1.37. The second-order valence-electron chi connectivity index (χ2n) is 3.79. The molecule has 1 N–H and O–H groups in total. The average Bonchev–Trinajstić information content (AvgIpc) is 2.17. The van der Waals surface area contributed by atoms with Crippen molar-refractivity contribution in [3.63, 3.8) is 0 Å². The number of hydrogen-bond donors (Lipinski definition) is 1. The maximum absolute atomic E-state index is 11.5. The summed E-state index contributed by atoms with van der Waals surface area (Å²) in [5, 5.41) is 3.18. The number of nitrogens with one attached hydrogen (secondary N) is 1. The van der Waals surface area contributed by atoms with Crippen LogP contribution in [0.2, 0.25) is 0 Å². The van der Waals surface area contributed by atoms with Gasteiger partial charge >= 0.3 is 0 Å². The third-order valence-electron chi connectivity index (χ3n) is 2.38. The van der Waals surface area contributed by atoms with E-state index in [0.29, 0.717) is 24.9 Å². The van der Waals surface area contributed by atoms with Crippen molar-refractivity contribution >= 4 is 10.8 Å². The Morgan fingerprint density at radius 2 is 2.13 bits per heavy atom. The van der Waals surface area contributed by atoms with Crippen LogP contribution in [0.15, 0.2) is 0 Å². The van der Waals surface area contributed by atoms with Crippen molar-refractivity contribution in [1.29, 1.82) is 0 Å². The highest BCUT2D eigenvalue weighted by Crippen LogP contribution is 2.04. The molecule has 1 aliphatic heterocycles. The summed E-state index contributed by atoms with van der Waals surface area (Å²) in [6.07, 6.45) is 0.912. The number of hydrogen-bond acceptors (Lipinski definition) is 4. The Morgan fingerprint density at radius 3 is 2.73 bits per heavy atom. The van der Waals surface area contributed by atoms with Crippen molar-refractivity contribution in [1.82, 2.24) is 5.32 Å². The van der Waals surface area contributed by atoms with Gasteiger partial charge in [-0.25, -0.2) is 0 Å². The van der Waals surface area contributed by atoms with Crippen LogP contribution in [0, 0.1) is 5.92 Å². The first kappa shape index (κ1) is 13.1. The van der Waals surface area contributed by atoms with Gasteiger partial charge in [-0.1, -0.05) is 0 Å². The highest BCUT2D eigenvalue weighted by atomic mass is 32.2. The van der Waals surface area contributed by atoms with Gasteiger partial charge in [0.2, 0.25) is 0 Å². The second kappa shape index (κ2) is 8.21. The Morgan fingerprint density at radius 1 is 1.33 bits per heavy atom. The highest BCUT2D eigenvalue weighted by Gasteiger charge is 2.18. The van der Waals surface area contributed by atoms with Gasteiger partial charge in [0, 0.05) is 55.7 Å². The summed E-state index contributed by atoms with van der Waals surface area (Å²) in [6, 6.07) is 0. The van der Waals surface area contributed by atoms with Crippen molar-refractivity contribution in [2.75, 3.05) is 51.5 Å². The van der Waals surface area contributed by atoms with Crippen molar-refractivity contribution in [3.8, 4) is 0 Å². The molecule has 1 saturated heterocycles. The molecule has 5 heteroatoms. The summed E-state index contributed by atoms with van der Waals surface area (Å²) >= 11 is 0. The van der Waals surface area contributed by atoms with E-state index in [0.717, 1.165) is 31.9 Å². The van der Waals surface area contributed by atoms with Crippen LogP contribution in [0.3, 0.4) is 0 Å². The molecule has 0 amide bonds. The molecule has 4 nitrogen and oxygen atoms in total. The SMILES string of the molecule is COCCCOCCS(=O)CC1CNC1. The molecule has 0 saturated carbocycles. The predicted octanol–water partition coefficient (Wildman–Crippen LogP) is 0.00760. The molecule has 0 aromatic heterocycles. The van der Waals surface area contributed by atoms with E-state index in [9.17, 15) is 4.21 Å². The fourth-order valence-corrected chi connectivity index (χ4v) is 2.60. The van der Waals surface area contributed by atoms with Crippen LogP contribution in [-0.2, 0) is 20.3 Å². The average molecular weight is 235 g/mol. The molecule has 1 heterocycles. The molecule has 0 aromatic carbocycles. The van der Waals surface area contributed by atoms with E-state index in [2.05, 4.69) is 5.32 Å². The maximum atomic E-state index is 11.5. The topological polar surface area (TPSA) is 47.6 Å². The lowest BCUT2D eigenvalue weighted by atomic mass is 10.1. The predicted molar refractivity (Wildman–Crippen MR) is 61.5 cm³/mol. The van der Waals surface area contributed by atoms with E-state index in [-0.39, 0.29) is 0 Å². The molecule has 1 atom stereocenters. The molecule has 0 aliphatic carbocycles. The number of rotatable bonds is 9. The van der Waals surface area contributed by atoms with Gasteiger partial charge in [0.25, 0.3) is 0 Å². The maximum Gasteiger partial charge on any atom is 0.0581 e. The van der Waals surface area contributed by atoms with Gasteiger partial charge in [-0.3, -0.25) is 4.21 Å². The molecule has 0 bridgehead atoms. The molecule has 0 radical (unpaired) electrons. The standard InChI is InChI=1S/C10H21NO3S/c1-13-3-2-4-14-5-6-15(12)9-10-7-11-8-10/h10-11H,2-9H2,1H3. The van der Waals surface area contributed by atoms with Crippen molar-refractivity contribution in [2.45, 2.75) is 6.42 Å². The van der Waals surface area contributed by atoms with Gasteiger partial charge in [0.1, 0.15) is 0 Å². The third kappa shape index (κ3) is 6.25. The Kier molecular flexibility index (Phi) is 7.17. The quantitative estimate of drug-likeness (QED) is 0.572. The zero-order chi connectivity index (χ0) is 10.9. The highest BCUT2D eigenvalue weighted by molar-refractivity contribution is 7.85. The summed E-state index contributed by atoms with van der Waals surface area (Å²) in [7, 11) is 0.980. The first-order valence-electron chi connectivity index (χ1n) is 5.45. The molecular weight excluding hydrogens is 214 g/mol. The smallest absolute Gasteiger partial charge is 0.0581 e. The van der Waals surface area contributed by atoms with Crippen LogP contribution in [0.5, 0.6) is 0 Å². The van der Waals surface area contributed by atoms with Crippen molar-refractivity contribution < 1.29 is 13.7 Å². The Bertz CT molecular complexity index is 186. The van der Waals surface area contributed by atoms with Gasteiger partial charge in [-0.2, -0.15) is 0 Å². The van der Waals surface area contributed by atoms with E-state index < -0.39 is 10.8 Å². The largest absolute Gasteiger partial charge is 0.385 e. The first-order chi connectivity index (χ1) is 7.33. The third-order valence-corrected chi connectivity index (χ3v) is 3.85. The molecule has 1 rings (SSSR count). The molecular formula is C10H21NO3S. The van der Waals surface area contributed by atoms with Gasteiger partial charge in [0.05, 0.1) is 6.61 Å². The normalized spacial score (nSPS) is 18.7. The first-order valence-corrected chi connectivity index (χ1v) is 6.94. The Balaban J connectivity index is 1.83. The molecule has 0 spiro atoms. The minimum Gasteiger partial charge on any atom is -0.385 e. The lowest BCUT2D eigenvalue weighted by molar-refractivity contribution is 0.112. The van der Waals surface area contributed by atoms with E-state index in [4.69, 9.17) is 9.47 Å². The van der Waals surface area contributed by atoms with Crippen molar-refractivity contribution in [2.24, 2.45) is 5.92 Å². The molecule has 1 aliphatic rings. The summed E-state index contributed by atoms with van der Waals surface area (Å²) in [6.45, 7) is 4.10. The van der Waals surface area contributed by atoms with E-state index in [1.807, 2.05) is 0 Å². The monoisotopic (exact) mass is 235 g/mol. The Labute approximate surface area is 94.2 Å². The number of methoxy groups -OCH3 is 1. The van der Waals surface area contributed by atoms with Gasteiger partial charge in [-0.05, 0) is 12.3 Å². The molecule has 1 fully saturated rings. The lowest BCUT2D eigenvalue weighted by Gasteiger charge is -2.26. The summed E-state index contributed by atoms with van der Waals surface area (Å²) in [4.78, 5) is 0. The molecule has 0 aromatic rings. The van der Waals surface area contributed by atoms with Crippen LogP contribution < -0.4 is 5.32 Å². The van der Waals surface area contributed by atoms with Gasteiger partial charge < -0.3 is 14.8 Å². The zero-order valence-corrected chi connectivity index (χ0v) is 10.2. The van der Waals surface area contributed by atoms with Crippen LogP contribution in [-0.4, -0.2) is 55.7 Å². The molecule has 90 valence electrons. The lowest BCUT2D eigenvalue weighted by Crippen LogP contribution is -2.45. The van der Waals surface area contributed by atoms with Crippen LogP contribution in [0.4, 0.5) is 0 Å². The Hall–Kier alpha value is 0.0300. The van der Waals surface area contributed by atoms with E-state index in [1.54, 1.807) is 7.11 Å². The van der Waals surface area contributed by atoms with Crippen LogP contribution >= 0.6 is 0 Å². The molecule has 15 heavy (non-hydrogen) atoms. The zero-order valence-electron chi connectivity index (χ0n) is 9.37. The van der Waals surface area contributed by atoms with E-state index in [1.165, 1.54) is 0 Å². The summed E-state index contributed by atoms with van der Waals surface area (Å²) < 4.78 is 21.8. The minimum absolute atomic E-state index is 0.608. The van der Waals surface area contributed by atoms with Crippen molar-refractivity contribution in [3.05, 3.63) is 0 Å². The van der Waals surface area contributed by atoms with Crippen LogP contribution in [0.25, 0.3) is 0 Å². The summed E-state index contributed by atoms with van der Waals surface area (Å²) in [5.74, 6) is 2.12. The number of ether oxygens (including phenoxy) is 2. The summed E-state index contributed by atoms with van der Waals surface area (Å²) in [5.41, 5.74) is 0. The van der Waals surface area contributed by atoms with Crippen LogP contribution in [0.1, 0.15) is 6.42 Å². The second-order valence-corrected chi connectivity index (χ2v) is 5.41. The van der Waals surface area contributed by atoms with Gasteiger partial charge in [-0.15, -0.1) is 0 Å².